The molecule has 2 fully saturated rings. The third-order valence-corrected chi connectivity index (χ3v) is 12.3. The quantitative estimate of drug-likeness (QED) is 0.412. The van der Waals surface area contributed by atoms with Crippen LogP contribution in [0.2, 0.25) is 18.1 Å². The summed E-state index contributed by atoms with van der Waals surface area (Å²) in [5.41, 5.74) is 0.403. The maximum absolute atomic E-state index is 11.0. The lowest BCUT2D eigenvalue weighted by molar-refractivity contribution is -0.109. The second kappa shape index (κ2) is 7.82. The highest BCUT2D eigenvalue weighted by Gasteiger charge is 2.53. The van der Waals surface area contributed by atoms with Crippen molar-refractivity contribution in [1.29, 1.82) is 0 Å². The van der Waals surface area contributed by atoms with Crippen molar-refractivity contribution in [2.24, 2.45) is 23.2 Å². The molecule has 0 spiro atoms. The van der Waals surface area contributed by atoms with E-state index in [0.29, 0.717) is 23.4 Å². The Morgan fingerprint density at radius 2 is 1.83 bits per heavy atom. The van der Waals surface area contributed by atoms with Crippen LogP contribution in [0.5, 0.6) is 0 Å². The van der Waals surface area contributed by atoms with Gasteiger partial charge in [0, 0.05) is 12.5 Å². The number of carbonyl (C=O) groups excluding carboxylic acids is 1. The Labute approximate surface area is 144 Å². The number of hydrogen-bond acceptors (Lipinski definition) is 2. The SMILES string of the molecule is CC[Si](CC)(CC)OC1CCC[C@@]2(C)C1CCC2[C@@H](C)CC=O. The molecule has 0 aromatic rings. The molecule has 23 heavy (non-hydrogen) atoms. The lowest BCUT2D eigenvalue weighted by atomic mass is 9.61. The number of aldehydes is 1. The molecule has 0 heterocycles. The van der Waals surface area contributed by atoms with E-state index in [1.54, 1.807) is 0 Å². The van der Waals surface area contributed by atoms with Crippen LogP contribution in [-0.4, -0.2) is 20.7 Å². The molecular formula is C20H38O2Si. The maximum atomic E-state index is 11.0. The van der Waals surface area contributed by atoms with Crippen LogP contribution >= 0.6 is 0 Å². The first-order valence-electron chi connectivity index (χ1n) is 10.1. The third kappa shape index (κ3) is 3.61. The normalized spacial score (nSPS) is 35.8. The molecular weight excluding hydrogens is 300 g/mol. The Kier molecular flexibility index (Phi) is 6.52. The van der Waals surface area contributed by atoms with Gasteiger partial charge in [0.15, 0.2) is 8.32 Å². The zero-order valence-electron chi connectivity index (χ0n) is 16.1. The third-order valence-electron chi connectivity index (χ3n) is 7.62. The standard InChI is InChI=1S/C20H38O2Si/c1-6-23(7-2,8-3)22-19-10-9-14-20(5)17(11-12-18(19)20)16(4)13-15-21/h15-19H,6-14H2,1-5H3/t16-,17?,18?,19?,20+/m0/s1. The van der Waals surface area contributed by atoms with Gasteiger partial charge in [0.1, 0.15) is 6.29 Å². The lowest BCUT2D eigenvalue weighted by Gasteiger charge is -2.48. The predicted molar refractivity (Wildman–Crippen MR) is 100 cm³/mol. The van der Waals surface area contributed by atoms with Crippen molar-refractivity contribution in [3.8, 4) is 0 Å². The van der Waals surface area contributed by atoms with Crippen molar-refractivity contribution >= 4 is 14.6 Å². The highest BCUT2D eigenvalue weighted by atomic mass is 28.4. The number of carbonyl (C=O) groups is 1. The summed E-state index contributed by atoms with van der Waals surface area (Å²) >= 11 is 0. The van der Waals surface area contributed by atoms with Gasteiger partial charge in [0.05, 0.1) is 0 Å². The molecule has 5 atom stereocenters. The average Bonchev–Trinajstić information content (AvgIpc) is 2.91. The van der Waals surface area contributed by atoms with Crippen LogP contribution in [0.1, 0.15) is 73.1 Å². The van der Waals surface area contributed by atoms with Gasteiger partial charge in [0.25, 0.3) is 0 Å². The molecule has 2 nitrogen and oxygen atoms in total. The molecule has 3 unspecified atom stereocenters. The molecule has 2 rings (SSSR count). The molecule has 2 saturated carbocycles. The summed E-state index contributed by atoms with van der Waals surface area (Å²) in [6.07, 6.45) is 8.88. The van der Waals surface area contributed by atoms with Crippen molar-refractivity contribution in [3.05, 3.63) is 0 Å². The van der Waals surface area contributed by atoms with Gasteiger partial charge in [0.2, 0.25) is 0 Å². The molecule has 0 N–H and O–H groups in total. The summed E-state index contributed by atoms with van der Waals surface area (Å²) in [4.78, 5) is 11.0. The Balaban J connectivity index is 2.15. The molecule has 2 aliphatic rings. The fraction of sp³-hybridized carbons (Fsp3) is 0.950. The van der Waals surface area contributed by atoms with Gasteiger partial charge in [-0.1, -0.05) is 41.0 Å². The highest BCUT2D eigenvalue weighted by molar-refractivity contribution is 6.73. The lowest BCUT2D eigenvalue weighted by Crippen LogP contribution is -2.48. The van der Waals surface area contributed by atoms with Crippen LogP contribution in [0.3, 0.4) is 0 Å². The van der Waals surface area contributed by atoms with Crippen molar-refractivity contribution < 1.29 is 9.22 Å². The van der Waals surface area contributed by atoms with E-state index >= 15 is 0 Å². The van der Waals surface area contributed by atoms with Gasteiger partial charge in [-0.05, 0) is 67.0 Å². The minimum atomic E-state index is -1.52. The van der Waals surface area contributed by atoms with Crippen molar-refractivity contribution in [3.63, 3.8) is 0 Å². The molecule has 3 heteroatoms. The fourth-order valence-corrected chi connectivity index (χ4v) is 8.80. The van der Waals surface area contributed by atoms with Gasteiger partial charge in [-0.2, -0.15) is 0 Å². The molecule has 0 aliphatic heterocycles. The van der Waals surface area contributed by atoms with Gasteiger partial charge in [-0.25, -0.2) is 0 Å². The fourth-order valence-electron chi connectivity index (χ4n) is 5.87. The summed E-state index contributed by atoms with van der Waals surface area (Å²) < 4.78 is 6.96. The van der Waals surface area contributed by atoms with Crippen molar-refractivity contribution in [2.45, 2.75) is 97.4 Å². The van der Waals surface area contributed by atoms with Crippen molar-refractivity contribution in [1.82, 2.24) is 0 Å². The Morgan fingerprint density at radius 1 is 1.17 bits per heavy atom. The van der Waals surface area contributed by atoms with Crippen molar-refractivity contribution in [2.75, 3.05) is 0 Å². The number of rotatable bonds is 8. The predicted octanol–water partition coefficient (Wildman–Crippen LogP) is 5.82. The Hall–Kier alpha value is -0.153. The first-order valence-corrected chi connectivity index (χ1v) is 12.6. The van der Waals surface area contributed by atoms with Gasteiger partial charge < -0.3 is 9.22 Å². The minimum Gasteiger partial charge on any atom is -0.414 e. The molecule has 0 radical (unpaired) electrons. The molecule has 0 aromatic heterocycles. The van der Waals surface area contributed by atoms with E-state index in [4.69, 9.17) is 4.43 Å². The van der Waals surface area contributed by atoms with Gasteiger partial charge in [-0.3, -0.25) is 0 Å². The Bertz CT molecular complexity index is 385. The second-order valence-corrected chi connectivity index (χ2v) is 13.2. The molecule has 0 bridgehead atoms. The highest BCUT2D eigenvalue weighted by Crippen LogP contribution is 2.59. The zero-order valence-corrected chi connectivity index (χ0v) is 17.1. The molecule has 134 valence electrons. The summed E-state index contributed by atoms with van der Waals surface area (Å²) in [5.74, 6) is 1.98. The maximum Gasteiger partial charge on any atom is 0.192 e. The van der Waals surface area contributed by atoms with Crippen LogP contribution in [0.15, 0.2) is 0 Å². The van der Waals surface area contributed by atoms with Crippen LogP contribution in [0, 0.1) is 23.2 Å². The number of fused-ring (bicyclic) bond motifs is 1. The second-order valence-electron chi connectivity index (χ2n) is 8.47. The van der Waals surface area contributed by atoms with E-state index in [1.807, 2.05) is 0 Å². The molecule has 0 aromatic carbocycles. The van der Waals surface area contributed by atoms with E-state index in [-0.39, 0.29) is 0 Å². The zero-order chi connectivity index (χ0) is 17.1. The van der Waals surface area contributed by atoms with E-state index in [9.17, 15) is 4.79 Å². The summed E-state index contributed by atoms with van der Waals surface area (Å²) in [6.45, 7) is 11.8. The monoisotopic (exact) mass is 338 g/mol. The first-order chi connectivity index (χ1) is 11.0. The minimum absolute atomic E-state index is 0.403. The van der Waals surface area contributed by atoms with Crippen LogP contribution in [0.4, 0.5) is 0 Å². The van der Waals surface area contributed by atoms with E-state index < -0.39 is 8.32 Å². The summed E-state index contributed by atoms with van der Waals surface area (Å²) in [5, 5.41) is 0. The first kappa shape index (κ1) is 19.2. The smallest absolute Gasteiger partial charge is 0.192 e. The van der Waals surface area contributed by atoms with E-state index in [0.717, 1.165) is 18.6 Å². The van der Waals surface area contributed by atoms with E-state index in [1.165, 1.54) is 50.2 Å². The summed E-state index contributed by atoms with van der Waals surface area (Å²) in [6, 6.07) is 3.76. The van der Waals surface area contributed by atoms with Crippen LogP contribution in [-0.2, 0) is 9.22 Å². The topological polar surface area (TPSA) is 26.3 Å². The number of hydrogen-bond donors (Lipinski definition) is 0. The largest absolute Gasteiger partial charge is 0.414 e. The average molecular weight is 339 g/mol. The van der Waals surface area contributed by atoms with Gasteiger partial charge >= 0.3 is 0 Å². The summed E-state index contributed by atoms with van der Waals surface area (Å²) in [7, 11) is -1.52. The van der Waals surface area contributed by atoms with Gasteiger partial charge in [-0.15, -0.1) is 0 Å². The molecule has 0 amide bonds. The van der Waals surface area contributed by atoms with Crippen LogP contribution in [0.25, 0.3) is 0 Å². The molecule has 2 aliphatic carbocycles. The molecule has 0 saturated heterocycles. The van der Waals surface area contributed by atoms with Crippen LogP contribution < -0.4 is 0 Å². The van der Waals surface area contributed by atoms with E-state index in [2.05, 4.69) is 34.6 Å². The Morgan fingerprint density at radius 3 is 2.39 bits per heavy atom.